The van der Waals surface area contributed by atoms with Crippen molar-refractivity contribution in [3.05, 3.63) is 12.2 Å². The quantitative estimate of drug-likeness (QED) is 0.637. The third kappa shape index (κ3) is 20.8. The molecule has 24 heavy (non-hydrogen) atoms. The van der Waals surface area contributed by atoms with Gasteiger partial charge in [-0.2, -0.15) is 0 Å². The molecule has 0 aliphatic carbocycles. The van der Waals surface area contributed by atoms with E-state index in [0.29, 0.717) is 6.42 Å². The number of allylic oxidation sites excluding steroid dienone is 1. The highest BCUT2D eigenvalue weighted by molar-refractivity contribution is 5.98. The van der Waals surface area contributed by atoms with E-state index in [1.807, 2.05) is 27.7 Å². The first-order valence-electron chi connectivity index (χ1n) is 9.20. The molecule has 4 nitrogen and oxygen atoms in total. The van der Waals surface area contributed by atoms with E-state index < -0.39 is 5.54 Å². The summed E-state index contributed by atoms with van der Waals surface area (Å²) < 4.78 is 0. The molecule has 0 aromatic heterocycles. The van der Waals surface area contributed by atoms with E-state index in [1.54, 1.807) is 13.8 Å². The number of nitrogens with one attached hydrogen (secondary N) is 1. The van der Waals surface area contributed by atoms with Gasteiger partial charge in [0.2, 0.25) is 5.91 Å². The second kappa shape index (κ2) is 16.7. The van der Waals surface area contributed by atoms with Crippen molar-refractivity contribution < 1.29 is 14.7 Å². The van der Waals surface area contributed by atoms with Gasteiger partial charge in [0.15, 0.2) is 5.78 Å². The third-order valence-corrected chi connectivity index (χ3v) is 3.03. The fraction of sp³-hybridized carbons (Fsp3) is 0.800. The number of carbonyl (C=O) groups excluding carboxylic acids is 2. The van der Waals surface area contributed by atoms with Crippen molar-refractivity contribution in [3.8, 4) is 0 Å². The summed E-state index contributed by atoms with van der Waals surface area (Å²) in [6.45, 7) is 17.9. The summed E-state index contributed by atoms with van der Waals surface area (Å²) in [7, 11) is 0. The Morgan fingerprint density at radius 3 is 1.88 bits per heavy atom. The molecular weight excluding hydrogens is 302 g/mol. The lowest BCUT2D eigenvalue weighted by molar-refractivity contribution is -0.120. The van der Waals surface area contributed by atoms with Crippen LogP contribution < -0.4 is 5.32 Å². The standard InChI is InChI=1S/C12H21NO3.C6H14.C2H6/c1-9(2)10(15)5-6-11(16)13-12(3,4)7-8-14;1-4-5-6(2)3;1-2/h5-6,9,14H,7-8H2,1-4H3,(H,13,16);6H,4-5H2,1-3H3;1-2H3/b6-5-;;. The monoisotopic (exact) mass is 343 g/mol. The Morgan fingerprint density at radius 2 is 1.58 bits per heavy atom. The first-order valence-corrected chi connectivity index (χ1v) is 9.20. The summed E-state index contributed by atoms with van der Waals surface area (Å²) >= 11 is 0. The zero-order valence-corrected chi connectivity index (χ0v) is 17.4. The number of hydrogen-bond donors (Lipinski definition) is 2. The third-order valence-electron chi connectivity index (χ3n) is 3.03. The Morgan fingerprint density at radius 1 is 1.08 bits per heavy atom. The van der Waals surface area contributed by atoms with Crippen molar-refractivity contribution >= 4 is 11.7 Å². The van der Waals surface area contributed by atoms with E-state index in [9.17, 15) is 9.59 Å². The van der Waals surface area contributed by atoms with Crippen LogP contribution in [-0.2, 0) is 9.59 Å². The Labute approximate surface area is 150 Å². The second-order valence-electron chi connectivity index (χ2n) is 6.92. The molecule has 0 saturated heterocycles. The Bertz CT molecular complexity index is 345. The largest absolute Gasteiger partial charge is 0.396 e. The maximum atomic E-state index is 11.4. The van der Waals surface area contributed by atoms with Gasteiger partial charge in [-0.1, -0.05) is 61.3 Å². The van der Waals surface area contributed by atoms with Crippen LogP contribution in [0.25, 0.3) is 0 Å². The summed E-state index contributed by atoms with van der Waals surface area (Å²) in [5.41, 5.74) is -0.461. The first-order chi connectivity index (χ1) is 11.1. The molecule has 0 atom stereocenters. The lowest BCUT2D eigenvalue weighted by atomic mass is 10.0. The van der Waals surface area contributed by atoms with E-state index in [-0.39, 0.29) is 24.2 Å². The first kappa shape index (κ1) is 27.7. The molecule has 0 rings (SSSR count). The molecule has 0 aliphatic rings. The topological polar surface area (TPSA) is 66.4 Å². The highest BCUT2D eigenvalue weighted by Gasteiger charge is 2.18. The van der Waals surface area contributed by atoms with Crippen LogP contribution in [0.5, 0.6) is 0 Å². The second-order valence-corrected chi connectivity index (χ2v) is 6.92. The molecule has 0 aliphatic heterocycles. The van der Waals surface area contributed by atoms with Crippen LogP contribution >= 0.6 is 0 Å². The maximum Gasteiger partial charge on any atom is 0.244 e. The van der Waals surface area contributed by atoms with Gasteiger partial charge >= 0.3 is 0 Å². The molecule has 0 fully saturated rings. The van der Waals surface area contributed by atoms with Gasteiger partial charge in [0.25, 0.3) is 0 Å². The van der Waals surface area contributed by atoms with Crippen LogP contribution in [0.3, 0.4) is 0 Å². The van der Waals surface area contributed by atoms with Gasteiger partial charge in [-0.3, -0.25) is 9.59 Å². The van der Waals surface area contributed by atoms with E-state index in [0.717, 1.165) is 5.92 Å². The number of hydrogen-bond acceptors (Lipinski definition) is 3. The molecule has 0 saturated carbocycles. The maximum absolute atomic E-state index is 11.4. The van der Waals surface area contributed by atoms with Crippen molar-refractivity contribution in [2.45, 2.75) is 87.1 Å². The van der Waals surface area contributed by atoms with Crippen LogP contribution in [-0.4, -0.2) is 28.9 Å². The van der Waals surface area contributed by atoms with Crippen molar-refractivity contribution in [3.63, 3.8) is 0 Å². The molecule has 0 radical (unpaired) electrons. The van der Waals surface area contributed by atoms with Crippen molar-refractivity contribution in [1.82, 2.24) is 5.32 Å². The van der Waals surface area contributed by atoms with Crippen molar-refractivity contribution in [1.29, 1.82) is 0 Å². The van der Waals surface area contributed by atoms with Gasteiger partial charge in [0, 0.05) is 24.1 Å². The number of rotatable bonds is 8. The lowest BCUT2D eigenvalue weighted by Crippen LogP contribution is -2.43. The zero-order chi connectivity index (χ0) is 19.8. The summed E-state index contributed by atoms with van der Waals surface area (Å²) in [6.07, 6.45) is 5.71. The minimum Gasteiger partial charge on any atom is -0.396 e. The van der Waals surface area contributed by atoms with Crippen molar-refractivity contribution in [2.24, 2.45) is 11.8 Å². The predicted molar refractivity (Wildman–Crippen MR) is 104 cm³/mol. The number of aliphatic hydroxyl groups excluding tert-OH is 1. The van der Waals surface area contributed by atoms with Crippen LogP contribution in [0.2, 0.25) is 0 Å². The van der Waals surface area contributed by atoms with Crippen LogP contribution in [0, 0.1) is 11.8 Å². The molecule has 2 N–H and O–H groups in total. The van der Waals surface area contributed by atoms with Crippen LogP contribution in [0.4, 0.5) is 0 Å². The molecule has 1 amide bonds. The zero-order valence-electron chi connectivity index (χ0n) is 17.4. The van der Waals surface area contributed by atoms with E-state index in [4.69, 9.17) is 5.11 Å². The average Bonchev–Trinajstić information content (AvgIpc) is 2.46. The average molecular weight is 344 g/mol. The van der Waals surface area contributed by atoms with Crippen LogP contribution in [0.15, 0.2) is 12.2 Å². The van der Waals surface area contributed by atoms with Gasteiger partial charge in [0.1, 0.15) is 0 Å². The van der Waals surface area contributed by atoms with E-state index in [1.165, 1.54) is 25.0 Å². The lowest BCUT2D eigenvalue weighted by Gasteiger charge is -2.24. The minimum atomic E-state index is -0.461. The summed E-state index contributed by atoms with van der Waals surface area (Å²) in [5.74, 6) is 0.409. The summed E-state index contributed by atoms with van der Waals surface area (Å²) in [6, 6.07) is 0. The molecule has 0 bridgehead atoms. The van der Waals surface area contributed by atoms with Crippen LogP contribution in [0.1, 0.15) is 81.6 Å². The summed E-state index contributed by atoms with van der Waals surface area (Å²) in [5, 5.41) is 11.5. The predicted octanol–water partition coefficient (Wildman–Crippen LogP) is 4.51. The molecule has 0 aromatic rings. The number of amides is 1. The molecular formula is C20H41NO3. The fourth-order valence-electron chi connectivity index (χ4n) is 1.64. The van der Waals surface area contributed by atoms with E-state index >= 15 is 0 Å². The number of carbonyl (C=O) groups is 2. The Kier molecular flexibility index (Phi) is 19.2. The normalized spacial score (nSPS) is 10.8. The highest BCUT2D eigenvalue weighted by atomic mass is 16.3. The Hall–Kier alpha value is -1.16. The number of aliphatic hydroxyl groups is 1. The summed E-state index contributed by atoms with van der Waals surface area (Å²) in [4.78, 5) is 22.7. The molecule has 4 heteroatoms. The van der Waals surface area contributed by atoms with Gasteiger partial charge in [-0.25, -0.2) is 0 Å². The molecule has 144 valence electrons. The molecule has 0 aromatic carbocycles. The molecule has 0 heterocycles. The van der Waals surface area contributed by atoms with Crippen molar-refractivity contribution in [2.75, 3.05) is 6.61 Å². The smallest absolute Gasteiger partial charge is 0.244 e. The Balaban J connectivity index is -0.000000462. The highest BCUT2D eigenvalue weighted by Crippen LogP contribution is 2.07. The molecule has 0 spiro atoms. The molecule has 0 unspecified atom stereocenters. The fourth-order valence-corrected chi connectivity index (χ4v) is 1.64. The SMILES string of the molecule is CC.CC(C)C(=O)/C=C\C(=O)NC(C)(C)CCO.CCCC(C)C. The van der Waals surface area contributed by atoms with Gasteiger partial charge in [-0.15, -0.1) is 0 Å². The number of ketones is 1. The van der Waals surface area contributed by atoms with E-state index in [2.05, 4.69) is 26.1 Å². The van der Waals surface area contributed by atoms with Gasteiger partial charge in [-0.05, 0) is 32.3 Å². The minimum absolute atomic E-state index is 0.0158. The van der Waals surface area contributed by atoms with Gasteiger partial charge in [0.05, 0.1) is 0 Å². The van der Waals surface area contributed by atoms with Gasteiger partial charge < -0.3 is 10.4 Å².